The van der Waals surface area contributed by atoms with E-state index in [1.54, 1.807) is 6.92 Å². The van der Waals surface area contributed by atoms with Crippen LogP contribution in [-0.4, -0.2) is 17.6 Å². The molecule has 2 aliphatic rings. The Labute approximate surface area is 162 Å². The van der Waals surface area contributed by atoms with Gasteiger partial charge in [-0.05, 0) is 30.0 Å². The van der Waals surface area contributed by atoms with E-state index in [4.69, 9.17) is 14.5 Å². The van der Waals surface area contributed by atoms with Crippen molar-refractivity contribution in [1.29, 1.82) is 0 Å². The second-order valence-electron chi connectivity index (χ2n) is 7.11. The molecular weight excluding hydrogens is 352 g/mol. The van der Waals surface area contributed by atoms with Gasteiger partial charge in [0.1, 0.15) is 11.4 Å². The summed E-state index contributed by atoms with van der Waals surface area (Å²) in [4.78, 5) is 17.1. The van der Waals surface area contributed by atoms with Crippen LogP contribution in [0.2, 0.25) is 0 Å². The molecule has 0 aliphatic carbocycles. The molecule has 0 fully saturated rings. The topological polar surface area (TPSA) is 59.9 Å². The summed E-state index contributed by atoms with van der Waals surface area (Å²) in [6, 6.07) is 19.7. The molecule has 0 amide bonds. The molecule has 3 aromatic rings. The van der Waals surface area contributed by atoms with Crippen LogP contribution in [-0.2, 0) is 16.0 Å². The largest absolute Gasteiger partial charge is 0.456 e. The molecule has 0 bridgehead atoms. The number of nitrogens with zero attached hydrogens (tertiary/aromatic N) is 1. The van der Waals surface area contributed by atoms with Crippen LogP contribution in [0.3, 0.4) is 0 Å². The summed E-state index contributed by atoms with van der Waals surface area (Å²) in [6.45, 7) is 5.29. The Bertz CT molecular complexity index is 1150. The molecule has 0 aromatic heterocycles. The first-order valence-electron chi connectivity index (χ1n) is 9.09. The lowest BCUT2D eigenvalue weighted by molar-refractivity contribution is -0.132. The Balaban J connectivity index is 1.67. The van der Waals surface area contributed by atoms with Crippen LogP contribution in [0, 0.1) is 0 Å². The van der Waals surface area contributed by atoms with Crippen molar-refractivity contribution in [2.75, 3.05) is 5.32 Å². The number of para-hydroxylation sites is 1. The average molecular weight is 370 g/mol. The molecule has 5 nitrogen and oxygen atoms in total. The van der Waals surface area contributed by atoms with E-state index in [2.05, 4.69) is 11.9 Å². The molecule has 0 radical (unpaired) electrons. The van der Waals surface area contributed by atoms with Crippen LogP contribution in [0.25, 0.3) is 10.8 Å². The van der Waals surface area contributed by atoms with Gasteiger partial charge < -0.3 is 14.8 Å². The molecule has 1 unspecified atom stereocenters. The summed E-state index contributed by atoms with van der Waals surface area (Å²) in [5, 5.41) is 5.35. The first-order chi connectivity index (χ1) is 13.6. The molecule has 1 atom stereocenters. The predicted octanol–water partition coefficient (Wildman–Crippen LogP) is 4.75. The summed E-state index contributed by atoms with van der Waals surface area (Å²) in [5.41, 5.74) is 1.91. The number of carbonyl (C=O) groups excluding carboxylic acids is 1. The van der Waals surface area contributed by atoms with Gasteiger partial charge in [0.05, 0.1) is 0 Å². The van der Waals surface area contributed by atoms with Crippen molar-refractivity contribution >= 4 is 34.0 Å². The SMILES string of the molecule is C=C(C)C(=O)OC1=Nc2c(ccc3ccccc23)OC12Cc1ccccc1N2. The minimum absolute atomic E-state index is 0.195. The zero-order valence-corrected chi connectivity index (χ0v) is 15.4. The Morgan fingerprint density at radius 3 is 2.75 bits per heavy atom. The standard InChI is InChI=1S/C23H18N2O3/c1-14(2)21(26)27-22-23(13-16-8-4-6-10-18(16)25-23)28-19-12-11-15-7-3-5-9-17(15)20(19)24-22/h3-12,25H,1,13H2,2H3. The molecular formula is C23H18N2O3. The zero-order valence-electron chi connectivity index (χ0n) is 15.4. The minimum atomic E-state index is -1.07. The normalized spacial score (nSPS) is 19.2. The molecule has 28 heavy (non-hydrogen) atoms. The van der Waals surface area contributed by atoms with E-state index in [0.717, 1.165) is 22.0 Å². The number of nitrogens with one attached hydrogen (secondary N) is 1. The van der Waals surface area contributed by atoms with Gasteiger partial charge in [-0.25, -0.2) is 9.79 Å². The van der Waals surface area contributed by atoms with E-state index in [1.807, 2.05) is 60.7 Å². The number of hydrogen-bond acceptors (Lipinski definition) is 5. The van der Waals surface area contributed by atoms with Gasteiger partial charge in [-0.3, -0.25) is 0 Å². The molecule has 1 N–H and O–H groups in total. The second kappa shape index (κ2) is 5.96. The lowest BCUT2D eigenvalue weighted by Crippen LogP contribution is -2.53. The Hall–Kier alpha value is -3.60. The van der Waals surface area contributed by atoms with Crippen molar-refractivity contribution < 1.29 is 14.3 Å². The van der Waals surface area contributed by atoms with Crippen molar-refractivity contribution in [3.63, 3.8) is 0 Å². The Morgan fingerprint density at radius 1 is 1.14 bits per heavy atom. The van der Waals surface area contributed by atoms with Crippen molar-refractivity contribution in [3.8, 4) is 5.75 Å². The van der Waals surface area contributed by atoms with Gasteiger partial charge in [-0.2, -0.15) is 0 Å². The third-order valence-electron chi connectivity index (χ3n) is 5.04. The second-order valence-corrected chi connectivity index (χ2v) is 7.11. The fourth-order valence-electron chi connectivity index (χ4n) is 3.65. The van der Waals surface area contributed by atoms with Gasteiger partial charge in [0, 0.05) is 23.1 Å². The van der Waals surface area contributed by atoms with Crippen LogP contribution in [0.15, 0.2) is 77.8 Å². The number of carbonyl (C=O) groups is 1. The predicted molar refractivity (Wildman–Crippen MR) is 109 cm³/mol. The van der Waals surface area contributed by atoms with E-state index in [9.17, 15) is 4.79 Å². The number of hydrogen-bond donors (Lipinski definition) is 1. The highest BCUT2D eigenvalue weighted by Crippen LogP contribution is 2.45. The van der Waals surface area contributed by atoms with Crippen molar-refractivity contribution in [3.05, 3.63) is 78.4 Å². The van der Waals surface area contributed by atoms with Gasteiger partial charge >= 0.3 is 5.97 Å². The first-order valence-corrected chi connectivity index (χ1v) is 9.09. The van der Waals surface area contributed by atoms with Gasteiger partial charge in [0.2, 0.25) is 0 Å². The first kappa shape index (κ1) is 16.6. The van der Waals surface area contributed by atoms with Crippen LogP contribution >= 0.6 is 0 Å². The zero-order chi connectivity index (χ0) is 19.3. The summed E-state index contributed by atoms with van der Waals surface area (Å²) < 4.78 is 12.1. The number of anilines is 1. The molecule has 5 heteroatoms. The fraction of sp³-hybridized carbons (Fsp3) is 0.130. The van der Waals surface area contributed by atoms with E-state index >= 15 is 0 Å². The smallest absolute Gasteiger partial charge is 0.339 e. The van der Waals surface area contributed by atoms with E-state index in [0.29, 0.717) is 23.4 Å². The molecule has 5 rings (SSSR count). The van der Waals surface area contributed by atoms with E-state index < -0.39 is 11.7 Å². The van der Waals surface area contributed by atoms with E-state index in [-0.39, 0.29) is 5.90 Å². The van der Waals surface area contributed by atoms with Gasteiger partial charge in [-0.1, -0.05) is 55.1 Å². The molecule has 3 aromatic carbocycles. The van der Waals surface area contributed by atoms with Crippen LogP contribution in [0.1, 0.15) is 12.5 Å². The number of ether oxygens (including phenoxy) is 2. The Kier molecular flexibility index (Phi) is 3.52. The molecule has 0 saturated heterocycles. The Morgan fingerprint density at radius 2 is 1.93 bits per heavy atom. The highest BCUT2D eigenvalue weighted by molar-refractivity contribution is 6.07. The lowest BCUT2D eigenvalue weighted by atomic mass is 10.0. The maximum atomic E-state index is 12.3. The van der Waals surface area contributed by atoms with Gasteiger partial charge in [0.25, 0.3) is 11.6 Å². The summed E-state index contributed by atoms with van der Waals surface area (Å²) in [6.07, 6.45) is 0.498. The number of benzene rings is 3. The molecule has 1 spiro atoms. The van der Waals surface area contributed by atoms with Crippen LogP contribution in [0.5, 0.6) is 5.75 Å². The van der Waals surface area contributed by atoms with Crippen molar-refractivity contribution in [1.82, 2.24) is 0 Å². The number of fused-ring (bicyclic) bond motifs is 4. The highest BCUT2D eigenvalue weighted by Gasteiger charge is 2.49. The maximum Gasteiger partial charge on any atom is 0.339 e. The van der Waals surface area contributed by atoms with Gasteiger partial charge in [0.15, 0.2) is 0 Å². The monoisotopic (exact) mass is 370 g/mol. The highest BCUT2D eigenvalue weighted by atomic mass is 16.6. The molecule has 2 heterocycles. The summed E-state index contributed by atoms with van der Waals surface area (Å²) in [5.74, 6) is 0.317. The number of rotatable bonds is 1. The summed E-state index contributed by atoms with van der Waals surface area (Å²) >= 11 is 0. The van der Waals surface area contributed by atoms with E-state index in [1.165, 1.54) is 0 Å². The lowest BCUT2D eigenvalue weighted by Gasteiger charge is -2.34. The number of esters is 1. The summed E-state index contributed by atoms with van der Waals surface area (Å²) in [7, 11) is 0. The maximum absolute atomic E-state index is 12.3. The fourth-order valence-corrected chi connectivity index (χ4v) is 3.65. The van der Waals surface area contributed by atoms with Crippen LogP contribution in [0.4, 0.5) is 11.4 Å². The minimum Gasteiger partial charge on any atom is -0.456 e. The molecule has 138 valence electrons. The molecule has 0 saturated carbocycles. The third kappa shape index (κ3) is 2.47. The van der Waals surface area contributed by atoms with Crippen molar-refractivity contribution in [2.24, 2.45) is 4.99 Å². The van der Waals surface area contributed by atoms with Gasteiger partial charge in [-0.15, -0.1) is 0 Å². The average Bonchev–Trinajstić information content (AvgIpc) is 3.07. The van der Waals surface area contributed by atoms with Crippen LogP contribution < -0.4 is 10.1 Å². The third-order valence-corrected chi connectivity index (χ3v) is 5.04. The molecule has 2 aliphatic heterocycles. The van der Waals surface area contributed by atoms with Crippen molar-refractivity contribution in [2.45, 2.75) is 19.1 Å². The number of aliphatic imine (C=N–C) groups is 1. The quantitative estimate of drug-likeness (QED) is 0.496.